The first-order valence-corrected chi connectivity index (χ1v) is 11.9. The maximum absolute atomic E-state index is 13.0. The summed E-state index contributed by atoms with van der Waals surface area (Å²) in [6.07, 6.45) is 3.52. The lowest BCUT2D eigenvalue weighted by Crippen LogP contribution is -2.72. The van der Waals surface area contributed by atoms with Gasteiger partial charge in [-0.3, -0.25) is 14.7 Å². The van der Waals surface area contributed by atoms with Crippen molar-refractivity contribution in [3.63, 3.8) is 0 Å². The molecule has 0 spiro atoms. The predicted molar refractivity (Wildman–Crippen MR) is 120 cm³/mol. The Kier molecular flexibility index (Phi) is 7.26. The van der Waals surface area contributed by atoms with Crippen molar-refractivity contribution in [3.05, 3.63) is 60.3 Å². The lowest BCUT2D eigenvalue weighted by Gasteiger charge is -2.50. The largest absolute Gasteiger partial charge is 0.528 e. The van der Waals surface area contributed by atoms with Crippen LogP contribution in [0.4, 0.5) is 9.59 Å². The molecule has 0 aromatic carbocycles. The monoisotopic (exact) mass is 491 g/mol. The number of hydrogen-bond donors (Lipinski definition) is 0. The molecular weight excluding hydrogens is 470 g/mol. The minimum atomic E-state index is -0.915. The van der Waals surface area contributed by atoms with Crippen LogP contribution in [0.25, 0.3) is 0 Å². The van der Waals surface area contributed by atoms with Gasteiger partial charge in [-0.25, -0.2) is 9.59 Å². The van der Waals surface area contributed by atoms with Crippen LogP contribution in [-0.4, -0.2) is 76.3 Å². The third-order valence-corrected chi connectivity index (χ3v) is 7.24. The van der Waals surface area contributed by atoms with E-state index in [0.29, 0.717) is 5.75 Å². The topological polar surface area (TPSA) is 108 Å². The van der Waals surface area contributed by atoms with E-state index in [9.17, 15) is 14.4 Å². The maximum Gasteiger partial charge on any atom is 0.528 e. The SMILES string of the molecule is C=CCOC(=O)OC1C(CSc2ccncc2)=C2SCN(OC(=O)OCC=C)[C@@H]3C(=O)N1[C@H]23. The summed E-state index contributed by atoms with van der Waals surface area (Å²) < 4.78 is 15.4. The molecule has 3 aliphatic heterocycles. The summed E-state index contributed by atoms with van der Waals surface area (Å²) >= 11 is 2.96. The van der Waals surface area contributed by atoms with Crippen molar-refractivity contribution in [2.45, 2.75) is 23.2 Å². The molecule has 33 heavy (non-hydrogen) atoms. The number of carbonyl (C=O) groups excluding carboxylic acids is 3. The zero-order valence-electron chi connectivity index (χ0n) is 17.5. The zero-order chi connectivity index (χ0) is 23.4. The first-order chi connectivity index (χ1) is 16.0. The zero-order valence-corrected chi connectivity index (χ0v) is 19.1. The third kappa shape index (κ3) is 4.72. The lowest BCUT2D eigenvalue weighted by atomic mass is 9.97. The molecule has 1 unspecified atom stereocenters. The number of hydroxylamine groups is 2. The Morgan fingerprint density at radius 3 is 2.55 bits per heavy atom. The molecule has 4 heterocycles. The predicted octanol–water partition coefficient (Wildman–Crippen LogP) is 2.95. The van der Waals surface area contributed by atoms with Crippen LogP contribution in [0.15, 0.2) is 65.2 Å². The highest BCUT2D eigenvalue weighted by Gasteiger charge is 2.64. The van der Waals surface area contributed by atoms with E-state index in [-0.39, 0.29) is 25.0 Å². The van der Waals surface area contributed by atoms with Gasteiger partial charge in [-0.05, 0) is 12.1 Å². The van der Waals surface area contributed by atoms with Crippen molar-refractivity contribution in [2.24, 2.45) is 0 Å². The molecule has 0 aliphatic carbocycles. The molecule has 2 fully saturated rings. The fourth-order valence-electron chi connectivity index (χ4n) is 3.63. The van der Waals surface area contributed by atoms with Crippen LogP contribution < -0.4 is 0 Å². The van der Waals surface area contributed by atoms with E-state index in [1.54, 1.807) is 12.4 Å². The van der Waals surface area contributed by atoms with Gasteiger partial charge in [-0.15, -0.1) is 28.6 Å². The molecule has 174 valence electrons. The Morgan fingerprint density at radius 2 is 1.85 bits per heavy atom. The second-order valence-corrected chi connectivity index (χ2v) is 8.98. The number of thioether (sulfide) groups is 2. The summed E-state index contributed by atoms with van der Waals surface area (Å²) in [6, 6.07) is 2.64. The van der Waals surface area contributed by atoms with E-state index in [2.05, 4.69) is 18.1 Å². The third-order valence-electron chi connectivity index (χ3n) is 4.98. The van der Waals surface area contributed by atoms with Gasteiger partial charge in [0.05, 0.1) is 11.9 Å². The molecule has 0 radical (unpaired) electrons. The normalized spacial score (nSPS) is 23.3. The van der Waals surface area contributed by atoms with Gasteiger partial charge in [0, 0.05) is 33.5 Å². The molecule has 1 aromatic rings. The van der Waals surface area contributed by atoms with Crippen LogP contribution in [0, 0.1) is 0 Å². The number of hydrogen-bond acceptors (Lipinski definition) is 11. The summed E-state index contributed by atoms with van der Waals surface area (Å²) in [5, 5.41) is 1.30. The summed E-state index contributed by atoms with van der Waals surface area (Å²) in [5.74, 6) is 0.400. The quantitative estimate of drug-likeness (QED) is 0.220. The van der Waals surface area contributed by atoms with E-state index >= 15 is 0 Å². The van der Waals surface area contributed by atoms with Crippen molar-refractivity contribution < 1.29 is 33.4 Å². The Labute approximate surface area is 198 Å². The van der Waals surface area contributed by atoms with Crippen molar-refractivity contribution in [1.29, 1.82) is 0 Å². The minimum Gasteiger partial charge on any atom is -0.430 e. The second-order valence-electron chi connectivity index (χ2n) is 6.95. The first kappa shape index (κ1) is 23.2. The fourth-order valence-corrected chi connectivity index (χ4v) is 5.90. The Morgan fingerprint density at radius 1 is 1.15 bits per heavy atom. The molecular formula is C21H21N3O7S2. The highest BCUT2D eigenvalue weighted by Crippen LogP contribution is 2.51. The molecule has 4 rings (SSSR count). The summed E-state index contributed by atoms with van der Waals surface area (Å²) in [7, 11) is 0. The molecule has 3 aliphatic rings. The number of amides is 1. The van der Waals surface area contributed by atoms with E-state index in [0.717, 1.165) is 15.4 Å². The van der Waals surface area contributed by atoms with Crippen molar-refractivity contribution in [3.8, 4) is 0 Å². The van der Waals surface area contributed by atoms with Gasteiger partial charge in [-0.2, -0.15) is 0 Å². The van der Waals surface area contributed by atoms with E-state index < -0.39 is 30.6 Å². The van der Waals surface area contributed by atoms with Gasteiger partial charge >= 0.3 is 12.3 Å². The Hall–Kier alpha value is -2.96. The standard InChI is InChI=1S/C21H21N3O7S2/c1-3-9-28-20(26)30-19-14(11-32-13-5-7-22-8-6-13)17-15-16(18(25)24(15)19)23(12-33-17)31-21(27)29-10-4-2/h3-8,15-16,19H,1-2,9-12H2/t15-,16-,19?/m0/s1. The average molecular weight is 492 g/mol. The van der Waals surface area contributed by atoms with Crippen molar-refractivity contribution in [2.75, 3.05) is 24.8 Å². The fraction of sp³-hybridized carbons (Fsp3) is 0.333. The van der Waals surface area contributed by atoms with E-state index in [1.165, 1.54) is 45.6 Å². The van der Waals surface area contributed by atoms with Gasteiger partial charge in [0.15, 0.2) is 6.04 Å². The highest BCUT2D eigenvalue weighted by atomic mass is 32.2. The average Bonchev–Trinajstić information content (AvgIpc) is 3.10. The van der Waals surface area contributed by atoms with Gasteiger partial charge < -0.3 is 19.0 Å². The summed E-state index contributed by atoms with van der Waals surface area (Å²) in [4.78, 5) is 49.7. The molecule has 3 atom stereocenters. The number of nitrogens with zero attached hydrogens (tertiary/aromatic N) is 3. The van der Waals surface area contributed by atoms with Gasteiger partial charge in [0.1, 0.15) is 13.2 Å². The van der Waals surface area contributed by atoms with Crippen LogP contribution in [-0.2, 0) is 23.8 Å². The van der Waals surface area contributed by atoms with E-state index in [4.69, 9.17) is 19.0 Å². The maximum atomic E-state index is 13.0. The number of β-lactam (4-membered cyclic amide) rings is 1. The molecule has 0 N–H and O–H groups in total. The molecule has 1 aromatic heterocycles. The second kappa shape index (κ2) is 10.3. The number of pyridine rings is 1. The number of ether oxygens (including phenoxy) is 3. The Bertz CT molecular complexity index is 987. The lowest BCUT2D eigenvalue weighted by molar-refractivity contribution is -0.206. The summed E-state index contributed by atoms with van der Waals surface area (Å²) in [6.45, 7) is 6.97. The van der Waals surface area contributed by atoms with Gasteiger partial charge in [0.2, 0.25) is 12.1 Å². The molecule has 2 saturated heterocycles. The summed E-state index contributed by atoms with van der Waals surface area (Å²) in [5.41, 5.74) is 0.798. The highest BCUT2D eigenvalue weighted by molar-refractivity contribution is 8.03. The van der Waals surface area contributed by atoms with Crippen LogP contribution in [0.5, 0.6) is 0 Å². The van der Waals surface area contributed by atoms with Crippen molar-refractivity contribution >= 4 is 41.7 Å². The van der Waals surface area contributed by atoms with Crippen LogP contribution >= 0.6 is 23.5 Å². The molecule has 0 bridgehead atoms. The molecule has 0 saturated carbocycles. The molecule has 12 heteroatoms. The van der Waals surface area contributed by atoms with Gasteiger partial charge in [0.25, 0.3) is 0 Å². The van der Waals surface area contributed by atoms with Crippen LogP contribution in [0.3, 0.4) is 0 Å². The number of aromatic nitrogens is 1. The molecule has 10 nitrogen and oxygen atoms in total. The number of rotatable bonds is 9. The van der Waals surface area contributed by atoms with Crippen LogP contribution in [0.2, 0.25) is 0 Å². The smallest absolute Gasteiger partial charge is 0.430 e. The Balaban J connectivity index is 1.53. The molecule has 1 amide bonds. The number of carbonyl (C=O) groups is 3. The van der Waals surface area contributed by atoms with Gasteiger partial charge in [-0.1, -0.05) is 25.3 Å². The minimum absolute atomic E-state index is 0.00174. The van der Waals surface area contributed by atoms with Crippen LogP contribution in [0.1, 0.15) is 0 Å². The van der Waals surface area contributed by atoms with E-state index in [1.807, 2.05) is 12.1 Å². The first-order valence-electron chi connectivity index (χ1n) is 9.92. The van der Waals surface area contributed by atoms with Crippen molar-refractivity contribution in [1.82, 2.24) is 14.9 Å².